The minimum Gasteiger partial charge on any atom is -0.494 e. The first kappa shape index (κ1) is 28.6. The van der Waals surface area contributed by atoms with E-state index in [0.717, 1.165) is 11.1 Å². The quantitative estimate of drug-likeness (QED) is 0.192. The van der Waals surface area contributed by atoms with Gasteiger partial charge in [0.05, 0.1) is 24.7 Å². The number of methoxy groups -OCH3 is 1. The van der Waals surface area contributed by atoms with Crippen molar-refractivity contribution in [3.05, 3.63) is 54.1 Å². The van der Waals surface area contributed by atoms with Crippen LogP contribution in [0.3, 0.4) is 0 Å². The van der Waals surface area contributed by atoms with Crippen LogP contribution in [0.2, 0.25) is 0 Å². The minimum absolute atomic E-state index is 0.000609. The van der Waals surface area contributed by atoms with Crippen LogP contribution >= 0.6 is 0 Å². The molecule has 2 N–H and O–H groups in total. The highest BCUT2D eigenvalue weighted by Crippen LogP contribution is 2.36. The van der Waals surface area contributed by atoms with E-state index in [1.165, 1.54) is 16.9 Å². The molecule has 1 aliphatic rings. The molecule has 1 aliphatic heterocycles. The third kappa shape index (κ3) is 6.27. The number of rotatable bonds is 12. The maximum atomic E-state index is 13.6. The third-order valence-electron chi connectivity index (χ3n) is 7.05. The van der Waals surface area contributed by atoms with E-state index in [-0.39, 0.29) is 17.7 Å². The Kier molecular flexibility index (Phi) is 9.28. The summed E-state index contributed by atoms with van der Waals surface area (Å²) >= 11 is 0. The first-order chi connectivity index (χ1) is 18.8. The Labute approximate surface area is 227 Å². The van der Waals surface area contributed by atoms with Gasteiger partial charge >= 0.3 is 0 Å². The number of nitrogens with one attached hydrogen (secondary N) is 1. The molecule has 2 aromatic carbocycles. The standard InChI is InChI=1S/C26H34N6O6S/c1-20-6-3-4-7-23(20)24-27-30-32(28-24)14-5-18-38-21-8-10-22(11-9-21)39(35,36)26(25(33)29-34)12-15-31(16-13-26)17-19-37-2/h3-4,6-11,34H,5,12-19H2,1-2H3,(H,29,33). The van der Waals surface area contributed by atoms with Gasteiger partial charge in [0.1, 0.15) is 5.75 Å². The van der Waals surface area contributed by atoms with Crippen molar-refractivity contribution in [3.8, 4) is 17.1 Å². The molecule has 0 saturated carbocycles. The summed E-state index contributed by atoms with van der Waals surface area (Å²) < 4.78 is 36.3. The van der Waals surface area contributed by atoms with Gasteiger partial charge in [0, 0.05) is 38.7 Å². The van der Waals surface area contributed by atoms with Gasteiger partial charge in [0.15, 0.2) is 14.6 Å². The molecule has 3 aromatic rings. The van der Waals surface area contributed by atoms with Gasteiger partial charge in [-0.3, -0.25) is 10.0 Å². The fraction of sp³-hybridized carbons (Fsp3) is 0.462. The Bertz CT molecular complexity index is 1350. The van der Waals surface area contributed by atoms with Crippen molar-refractivity contribution >= 4 is 15.7 Å². The Morgan fingerprint density at radius 1 is 1.08 bits per heavy atom. The number of aromatic nitrogens is 4. The van der Waals surface area contributed by atoms with Gasteiger partial charge in [0.25, 0.3) is 5.91 Å². The summed E-state index contributed by atoms with van der Waals surface area (Å²) in [5.41, 5.74) is 3.59. The van der Waals surface area contributed by atoms with Crippen LogP contribution in [0.5, 0.6) is 5.75 Å². The zero-order valence-electron chi connectivity index (χ0n) is 22.1. The van der Waals surface area contributed by atoms with E-state index in [2.05, 4.69) is 15.4 Å². The molecular formula is C26H34N6O6S. The highest BCUT2D eigenvalue weighted by molar-refractivity contribution is 7.93. The molecule has 0 unspecified atom stereocenters. The summed E-state index contributed by atoms with van der Waals surface area (Å²) in [6, 6.07) is 13.8. The molecule has 1 saturated heterocycles. The topological polar surface area (TPSA) is 149 Å². The first-order valence-electron chi connectivity index (χ1n) is 12.8. The van der Waals surface area contributed by atoms with Crippen LogP contribution < -0.4 is 10.2 Å². The van der Waals surface area contributed by atoms with Gasteiger partial charge in [0.2, 0.25) is 5.82 Å². The Morgan fingerprint density at radius 3 is 2.46 bits per heavy atom. The summed E-state index contributed by atoms with van der Waals surface area (Å²) in [7, 11) is -2.49. The minimum atomic E-state index is -4.09. The number of sulfone groups is 1. The number of piperidine rings is 1. The summed E-state index contributed by atoms with van der Waals surface area (Å²) in [6.45, 7) is 4.80. The van der Waals surface area contributed by atoms with E-state index in [9.17, 15) is 18.4 Å². The molecule has 12 nitrogen and oxygen atoms in total. The van der Waals surface area contributed by atoms with Crippen LogP contribution in [0.25, 0.3) is 11.4 Å². The van der Waals surface area contributed by atoms with E-state index in [1.807, 2.05) is 36.1 Å². The van der Waals surface area contributed by atoms with Crippen molar-refractivity contribution in [1.82, 2.24) is 30.6 Å². The number of carbonyl (C=O) groups is 1. The molecule has 2 heterocycles. The summed E-state index contributed by atoms with van der Waals surface area (Å²) in [5, 5.41) is 22.0. The number of hydrogen-bond acceptors (Lipinski definition) is 10. The van der Waals surface area contributed by atoms with Crippen LogP contribution in [-0.2, 0) is 25.9 Å². The molecule has 0 spiro atoms. The predicted octanol–water partition coefficient (Wildman–Crippen LogP) is 1.88. The molecule has 0 radical (unpaired) electrons. The summed E-state index contributed by atoms with van der Waals surface area (Å²) in [5.74, 6) is 0.150. The first-order valence-corrected chi connectivity index (χ1v) is 14.3. The number of tetrazole rings is 1. The lowest BCUT2D eigenvalue weighted by Crippen LogP contribution is -2.57. The molecule has 4 rings (SSSR count). The van der Waals surface area contributed by atoms with Crippen molar-refractivity contribution in [3.63, 3.8) is 0 Å². The van der Waals surface area contributed by atoms with Crippen molar-refractivity contribution in [2.24, 2.45) is 0 Å². The number of hydroxylamine groups is 1. The molecular weight excluding hydrogens is 524 g/mol. The average Bonchev–Trinajstić information content (AvgIpc) is 3.43. The lowest BCUT2D eigenvalue weighted by Gasteiger charge is -2.39. The van der Waals surface area contributed by atoms with Crippen LogP contribution in [0.4, 0.5) is 0 Å². The Hall–Kier alpha value is -3.39. The zero-order valence-corrected chi connectivity index (χ0v) is 22.9. The van der Waals surface area contributed by atoms with Crippen molar-refractivity contribution in [2.45, 2.75) is 42.4 Å². The monoisotopic (exact) mass is 558 g/mol. The summed E-state index contributed by atoms with van der Waals surface area (Å²) in [6.07, 6.45) is 0.736. The van der Waals surface area contributed by atoms with Gasteiger partial charge in [-0.15, -0.1) is 10.2 Å². The number of likely N-dealkylation sites (tertiary alicyclic amines) is 1. The molecule has 1 fully saturated rings. The highest BCUT2D eigenvalue weighted by atomic mass is 32.2. The molecule has 1 amide bonds. The van der Waals surface area contributed by atoms with Crippen molar-refractivity contribution in [1.29, 1.82) is 0 Å². The number of ether oxygens (including phenoxy) is 2. The fourth-order valence-corrected chi connectivity index (χ4v) is 6.64. The molecule has 0 bridgehead atoms. The van der Waals surface area contributed by atoms with Crippen LogP contribution in [-0.4, -0.2) is 89.3 Å². The van der Waals surface area contributed by atoms with E-state index in [1.54, 1.807) is 24.7 Å². The lowest BCUT2D eigenvalue weighted by molar-refractivity contribution is -0.133. The number of hydrogen-bond donors (Lipinski definition) is 2. The van der Waals surface area contributed by atoms with Crippen molar-refractivity contribution < 1.29 is 27.9 Å². The number of benzene rings is 2. The second-order valence-electron chi connectivity index (χ2n) is 9.47. The molecule has 39 heavy (non-hydrogen) atoms. The second kappa shape index (κ2) is 12.6. The molecule has 0 atom stereocenters. The van der Waals surface area contributed by atoms with Crippen LogP contribution in [0.15, 0.2) is 53.4 Å². The number of carbonyl (C=O) groups excluding carboxylic acids is 1. The smallest absolute Gasteiger partial charge is 0.265 e. The number of aryl methyl sites for hydroxylation is 2. The number of nitrogens with zero attached hydrogens (tertiary/aromatic N) is 5. The number of amides is 1. The maximum absolute atomic E-state index is 13.6. The highest BCUT2D eigenvalue weighted by Gasteiger charge is 2.52. The second-order valence-corrected chi connectivity index (χ2v) is 11.7. The molecule has 13 heteroatoms. The van der Waals surface area contributed by atoms with E-state index in [4.69, 9.17) is 9.47 Å². The van der Waals surface area contributed by atoms with Gasteiger partial charge in [-0.2, -0.15) is 4.80 Å². The van der Waals surface area contributed by atoms with E-state index < -0.39 is 20.5 Å². The average molecular weight is 559 g/mol. The Morgan fingerprint density at radius 2 is 1.79 bits per heavy atom. The zero-order chi connectivity index (χ0) is 27.9. The van der Waals surface area contributed by atoms with E-state index in [0.29, 0.717) is 57.4 Å². The summed E-state index contributed by atoms with van der Waals surface area (Å²) in [4.78, 5) is 16.2. The third-order valence-corrected chi connectivity index (χ3v) is 9.56. The SMILES string of the molecule is COCCN1CCC(C(=O)NO)(S(=O)(=O)c2ccc(OCCCn3nnc(-c4ccccc4C)n3)cc2)CC1. The fourth-order valence-electron chi connectivity index (χ4n) is 4.68. The maximum Gasteiger partial charge on any atom is 0.265 e. The lowest BCUT2D eigenvalue weighted by atomic mass is 9.95. The van der Waals surface area contributed by atoms with Crippen LogP contribution in [0, 0.1) is 6.92 Å². The van der Waals surface area contributed by atoms with Gasteiger partial charge in [-0.1, -0.05) is 24.3 Å². The van der Waals surface area contributed by atoms with Gasteiger partial charge in [-0.05, 0) is 54.8 Å². The Balaban J connectivity index is 1.34. The molecule has 1 aromatic heterocycles. The van der Waals surface area contributed by atoms with Crippen LogP contribution in [0.1, 0.15) is 24.8 Å². The van der Waals surface area contributed by atoms with Gasteiger partial charge in [-0.25, -0.2) is 13.9 Å². The van der Waals surface area contributed by atoms with Gasteiger partial charge < -0.3 is 14.4 Å². The molecule has 0 aliphatic carbocycles. The van der Waals surface area contributed by atoms with Crippen molar-refractivity contribution in [2.75, 3.05) is 40.0 Å². The van der Waals surface area contributed by atoms with E-state index >= 15 is 0 Å². The molecule has 210 valence electrons. The largest absolute Gasteiger partial charge is 0.494 e. The normalized spacial score (nSPS) is 15.7. The predicted molar refractivity (Wildman–Crippen MR) is 142 cm³/mol.